The SMILES string of the molecule is CCC/C=C/CC/C=C/CC/C=C/C(O)C(COC1OC(CO)C(OC2OC(CO)C(OC3OC(CO)C(O)C(O)C3O)C(O)C2O)C(O)C1O)NC(=O)CCCCCCCCCCCC. The van der Waals surface area contributed by atoms with E-state index in [4.69, 9.17) is 28.4 Å². The van der Waals surface area contributed by atoms with E-state index in [-0.39, 0.29) is 18.9 Å². The Morgan fingerprint density at radius 1 is 0.530 bits per heavy atom. The Morgan fingerprint density at radius 3 is 1.48 bits per heavy atom. The number of rotatable bonds is 32. The van der Waals surface area contributed by atoms with Crippen LogP contribution in [0.25, 0.3) is 0 Å². The van der Waals surface area contributed by atoms with Crippen LogP contribution in [0.3, 0.4) is 0 Å². The number of allylic oxidation sites excluding steroid dienone is 5. The molecule has 3 saturated heterocycles. The molecule has 12 N–H and O–H groups in total. The van der Waals surface area contributed by atoms with Gasteiger partial charge in [0, 0.05) is 6.42 Å². The summed E-state index contributed by atoms with van der Waals surface area (Å²) in [4.78, 5) is 13.1. The number of aliphatic hydroxyl groups is 11. The zero-order valence-corrected chi connectivity index (χ0v) is 38.9. The molecule has 384 valence electrons. The van der Waals surface area contributed by atoms with Gasteiger partial charge in [0.05, 0.1) is 38.6 Å². The van der Waals surface area contributed by atoms with E-state index in [1.54, 1.807) is 12.2 Å². The molecule has 3 aliphatic rings. The van der Waals surface area contributed by atoms with E-state index in [1.807, 2.05) is 0 Å². The summed E-state index contributed by atoms with van der Waals surface area (Å²) in [6.07, 6.45) is 1.79. The molecule has 17 atom stereocenters. The van der Waals surface area contributed by atoms with Gasteiger partial charge >= 0.3 is 0 Å². The summed E-state index contributed by atoms with van der Waals surface area (Å²) in [5, 5.41) is 119. The van der Waals surface area contributed by atoms with Crippen molar-refractivity contribution in [1.29, 1.82) is 0 Å². The Hall–Kier alpha value is -1.99. The second kappa shape index (κ2) is 32.8. The van der Waals surface area contributed by atoms with Crippen molar-refractivity contribution in [3.63, 3.8) is 0 Å². The number of hydrogen-bond acceptors (Lipinski definition) is 18. The third kappa shape index (κ3) is 19.1. The minimum atomic E-state index is -1.98. The smallest absolute Gasteiger partial charge is 0.220 e. The lowest BCUT2D eigenvalue weighted by molar-refractivity contribution is -0.379. The van der Waals surface area contributed by atoms with Crippen LogP contribution >= 0.6 is 0 Å². The quantitative estimate of drug-likeness (QED) is 0.0325. The summed E-state index contributed by atoms with van der Waals surface area (Å²) >= 11 is 0. The van der Waals surface area contributed by atoms with E-state index in [0.29, 0.717) is 12.8 Å². The lowest BCUT2D eigenvalue weighted by Gasteiger charge is -2.48. The molecule has 3 rings (SSSR count). The van der Waals surface area contributed by atoms with Crippen molar-refractivity contribution in [3.05, 3.63) is 36.5 Å². The largest absolute Gasteiger partial charge is 0.394 e. The molecule has 0 bridgehead atoms. The molecule has 0 aromatic carbocycles. The van der Waals surface area contributed by atoms with Crippen LogP contribution in [0, 0.1) is 0 Å². The molecule has 0 aliphatic carbocycles. The average Bonchev–Trinajstić information content (AvgIpc) is 3.31. The van der Waals surface area contributed by atoms with E-state index >= 15 is 0 Å². The van der Waals surface area contributed by atoms with Crippen molar-refractivity contribution in [1.82, 2.24) is 5.32 Å². The topological polar surface area (TPSA) is 307 Å². The summed E-state index contributed by atoms with van der Waals surface area (Å²) in [7, 11) is 0. The number of ether oxygens (including phenoxy) is 6. The van der Waals surface area contributed by atoms with Crippen LogP contribution in [-0.2, 0) is 33.2 Å². The van der Waals surface area contributed by atoms with Crippen LogP contribution in [0.15, 0.2) is 36.5 Å². The second-order valence-corrected chi connectivity index (χ2v) is 17.6. The maximum atomic E-state index is 13.1. The number of amides is 1. The van der Waals surface area contributed by atoms with Crippen molar-refractivity contribution < 1.29 is 89.4 Å². The van der Waals surface area contributed by atoms with Crippen molar-refractivity contribution in [2.75, 3.05) is 26.4 Å². The maximum Gasteiger partial charge on any atom is 0.220 e. The van der Waals surface area contributed by atoms with Crippen molar-refractivity contribution in [3.8, 4) is 0 Å². The fourth-order valence-electron chi connectivity index (χ4n) is 8.05. The lowest BCUT2D eigenvalue weighted by Crippen LogP contribution is -2.66. The predicted octanol–water partition coefficient (Wildman–Crippen LogP) is 0.637. The van der Waals surface area contributed by atoms with Gasteiger partial charge in [0.25, 0.3) is 0 Å². The zero-order valence-electron chi connectivity index (χ0n) is 38.9. The number of aliphatic hydroxyl groups excluding tert-OH is 11. The molecule has 0 spiro atoms. The fourth-order valence-corrected chi connectivity index (χ4v) is 8.05. The monoisotopic (exact) mass is 950 g/mol. The first-order valence-electron chi connectivity index (χ1n) is 24.2. The highest BCUT2D eigenvalue weighted by atomic mass is 16.8. The Kier molecular flexibility index (Phi) is 28.9. The summed E-state index contributed by atoms with van der Waals surface area (Å²) in [5.41, 5.74) is 0. The number of nitrogens with one attached hydrogen (secondary N) is 1. The van der Waals surface area contributed by atoms with Crippen LogP contribution in [0.2, 0.25) is 0 Å². The Bertz CT molecular complexity index is 1370. The Labute approximate surface area is 390 Å². The van der Waals surface area contributed by atoms with Crippen LogP contribution in [-0.4, -0.2) is 193 Å². The maximum absolute atomic E-state index is 13.1. The average molecular weight is 950 g/mol. The summed E-state index contributed by atoms with van der Waals surface area (Å²) in [5.74, 6) is -0.298. The van der Waals surface area contributed by atoms with Gasteiger partial charge in [-0.25, -0.2) is 0 Å². The summed E-state index contributed by atoms with van der Waals surface area (Å²) in [6.45, 7) is 1.54. The minimum Gasteiger partial charge on any atom is -0.394 e. The fraction of sp³-hybridized carbons (Fsp3) is 0.851. The number of carbonyl (C=O) groups excluding carboxylic acids is 1. The van der Waals surface area contributed by atoms with E-state index in [1.165, 1.54) is 38.5 Å². The first kappa shape index (κ1) is 58.3. The van der Waals surface area contributed by atoms with Crippen molar-refractivity contribution >= 4 is 5.91 Å². The van der Waals surface area contributed by atoms with Crippen LogP contribution in [0.1, 0.15) is 123 Å². The number of unbranched alkanes of at least 4 members (excludes halogenated alkanes) is 12. The summed E-state index contributed by atoms with van der Waals surface area (Å²) in [6, 6.07) is -0.988. The van der Waals surface area contributed by atoms with Gasteiger partial charge in [-0.3, -0.25) is 4.79 Å². The van der Waals surface area contributed by atoms with E-state index < -0.39 is 124 Å². The van der Waals surface area contributed by atoms with E-state index in [9.17, 15) is 61.0 Å². The predicted molar refractivity (Wildman–Crippen MR) is 240 cm³/mol. The number of carbonyl (C=O) groups is 1. The van der Waals surface area contributed by atoms with Gasteiger partial charge in [0.1, 0.15) is 73.2 Å². The lowest BCUT2D eigenvalue weighted by atomic mass is 9.96. The van der Waals surface area contributed by atoms with Crippen molar-refractivity contribution in [2.24, 2.45) is 0 Å². The molecule has 19 heteroatoms. The molecule has 1 amide bonds. The molecular formula is C47H83NO18. The molecule has 3 heterocycles. The second-order valence-electron chi connectivity index (χ2n) is 17.6. The van der Waals surface area contributed by atoms with E-state index in [0.717, 1.165) is 51.4 Å². The standard InChI is InChI=1S/C47H83NO18/c1-3-5-7-9-11-13-15-16-18-20-22-24-31(52)30(48-35(53)25-23-21-19-17-14-12-10-8-6-4-2)29-61-45-41(59)38(56)43(33(27-50)63-45)66-47-42(60)39(57)44(34(28-51)64-47)65-46-40(58)37(55)36(54)32(26-49)62-46/h7,9,15-16,22,24,30-34,36-47,49-52,54-60H,3-6,8,10-14,17-21,23,25-29H2,1-2H3,(H,48,53)/b9-7+,16-15+,24-22+. The molecule has 3 aliphatic heterocycles. The molecule has 3 fully saturated rings. The Morgan fingerprint density at radius 2 is 0.970 bits per heavy atom. The normalized spacial score (nSPS) is 34.1. The zero-order chi connectivity index (χ0) is 48.4. The van der Waals surface area contributed by atoms with Gasteiger partial charge in [-0.2, -0.15) is 0 Å². The van der Waals surface area contributed by atoms with Crippen LogP contribution in [0.4, 0.5) is 0 Å². The highest BCUT2D eigenvalue weighted by Crippen LogP contribution is 2.33. The third-order valence-corrected chi connectivity index (χ3v) is 12.2. The molecule has 66 heavy (non-hydrogen) atoms. The summed E-state index contributed by atoms with van der Waals surface area (Å²) < 4.78 is 34.0. The van der Waals surface area contributed by atoms with Gasteiger partial charge in [-0.05, 0) is 38.5 Å². The highest BCUT2D eigenvalue weighted by molar-refractivity contribution is 5.76. The highest BCUT2D eigenvalue weighted by Gasteiger charge is 2.53. The van der Waals surface area contributed by atoms with Gasteiger partial charge in [-0.15, -0.1) is 0 Å². The van der Waals surface area contributed by atoms with Crippen LogP contribution < -0.4 is 5.32 Å². The first-order chi connectivity index (χ1) is 31.8. The molecule has 0 aromatic heterocycles. The molecule has 0 aromatic rings. The van der Waals surface area contributed by atoms with Gasteiger partial charge in [-0.1, -0.05) is 115 Å². The minimum absolute atomic E-state index is 0.232. The molecular weight excluding hydrogens is 867 g/mol. The van der Waals surface area contributed by atoms with Crippen molar-refractivity contribution in [2.45, 2.75) is 227 Å². The van der Waals surface area contributed by atoms with Gasteiger partial charge in [0.2, 0.25) is 5.91 Å². The Balaban J connectivity index is 1.60. The molecule has 17 unspecified atom stereocenters. The van der Waals surface area contributed by atoms with Gasteiger partial charge < -0.3 is 89.9 Å². The van der Waals surface area contributed by atoms with Gasteiger partial charge in [0.15, 0.2) is 18.9 Å². The molecule has 19 nitrogen and oxygen atoms in total. The first-order valence-corrected chi connectivity index (χ1v) is 24.2. The van der Waals surface area contributed by atoms with E-state index in [2.05, 4.69) is 43.5 Å². The third-order valence-electron chi connectivity index (χ3n) is 12.2. The number of hydrogen-bond donors (Lipinski definition) is 12. The van der Waals surface area contributed by atoms with Crippen LogP contribution in [0.5, 0.6) is 0 Å². The molecule has 0 saturated carbocycles. The molecule has 0 radical (unpaired) electrons.